The second kappa shape index (κ2) is 7.49. The lowest BCUT2D eigenvalue weighted by molar-refractivity contribution is 0.375. The highest BCUT2D eigenvalue weighted by Crippen LogP contribution is 2.36. The molecular formula is C23H23F. The predicted octanol–water partition coefficient (Wildman–Crippen LogP) is 5.99. The predicted molar refractivity (Wildman–Crippen MR) is 98.5 cm³/mol. The molecule has 0 bridgehead atoms. The van der Waals surface area contributed by atoms with Gasteiger partial charge in [-0.25, -0.2) is 4.39 Å². The molecule has 1 aliphatic carbocycles. The topological polar surface area (TPSA) is 0 Å². The van der Waals surface area contributed by atoms with E-state index in [1.165, 1.54) is 5.56 Å². The van der Waals surface area contributed by atoms with Gasteiger partial charge in [-0.2, -0.15) is 0 Å². The van der Waals surface area contributed by atoms with Crippen molar-refractivity contribution in [3.05, 3.63) is 83.2 Å². The molecule has 0 spiro atoms. The third-order valence-corrected chi connectivity index (χ3v) is 4.96. The van der Waals surface area contributed by atoms with Crippen LogP contribution in [0.4, 0.5) is 4.39 Å². The van der Waals surface area contributed by atoms with Gasteiger partial charge in [-0.1, -0.05) is 41.7 Å². The van der Waals surface area contributed by atoms with Crippen LogP contribution >= 0.6 is 0 Å². The van der Waals surface area contributed by atoms with Gasteiger partial charge in [-0.05, 0) is 74.3 Å². The van der Waals surface area contributed by atoms with Crippen molar-refractivity contribution in [2.24, 2.45) is 5.92 Å². The highest BCUT2D eigenvalue weighted by Gasteiger charge is 2.21. The Morgan fingerprint density at radius 1 is 1.00 bits per heavy atom. The van der Waals surface area contributed by atoms with Crippen molar-refractivity contribution in [3.63, 3.8) is 0 Å². The summed E-state index contributed by atoms with van der Waals surface area (Å²) >= 11 is 0. The number of halogens is 1. The summed E-state index contributed by atoms with van der Waals surface area (Å²) in [6, 6.07) is 13.5. The van der Waals surface area contributed by atoms with Crippen molar-refractivity contribution in [1.29, 1.82) is 0 Å². The van der Waals surface area contributed by atoms with Crippen LogP contribution in [-0.2, 0) is 0 Å². The van der Waals surface area contributed by atoms with E-state index in [0.29, 0.717) is 17.4 Å². The van der Waals surface area contributed by atoms with E-state index in [-0.39, 0.29) is 5.82 Å². The first kappa shape index (κ1) is 16.5. The van der Waals surface area contributed by atoms with Gasteiger partial charge in [0.25, 0.3) is 0 Å². The fraction of sp³-hybridized carbons (Fsp3) is 0.304. The van der Waals surface area contributed by atoms with E-state index in [1.807, 2.05) is 43.3 Å². The van der Waals surface area contributed by atoms with Gasteiger partial charge >= 0.3 is 0 Å². The summed E-state index contributed by atoms with van der Waals surface area (Å²) in [6.07, 6.45) is 6.60. The number of benzene rings is 2. The maximum atomic E-state index is 14.4. The molecule has 0 radical (unpaired) electrons. The van der Waals surface area contributed by atoms with Crippen LogP contribution in [0.5, 0.6) is 0 Å². The quantitative estimate of drug-likeness (QED) is 0.471. The van der Waals surface area contributed by atoms with Crippen LogP contribution in [0.2, 0.25) is 0 Å². The summed E-state index contributed by atoms with van der Waals surface area (Å²) in [5.41, 5.74) is 3.68. The van der Waals surface area contributed by atoms with Crippen molar-refractivity contribution in [1.82, 2.24) is 0 Å². The smallest absolute Gasteiger partial charge is 0.139 e. The van der Waals surface area contributed by atoms with Gasteiger partial charge in [0.15, 0.2) is 0 Å². The first-order valence-corrected chi connectivity index (χ1v) is 8.66. The lowest BCUT2D eigenvalue weighted by Gasteiger charge is -2.27. The molecule has 0 aromatic heterocycles. The highest BCUT2D eigenvalue weighted by atomic mass is 19.1. The molecule has 24 heavy (non-hydrogen) atoms. The molecule has 0 atom stereocenters. The molecule has 1 aliphatic rings. The fourth-order valence-electron chi connectivity index (χ4n) is 3.35. The molecule has 0 nitrogen and oxygen atoms in total. The van der Waals surface area contributed by atoms with Crippen molar-refractivity contribution < 1.29 is 4.39 Å². The molecule has 3 rings (SSSR count). The third-order valence-electron chi connectivity index (χ3n) is 4.96. The fourth-order valence-corrected chi connectivity index (χ4v) is 3.35. The molecule has 1 fully saturated rings. The molecule has 0 saturated heterocycles. The van der Waals surface area contributed by atoms with Crippen LogP contribution in [0.15, 0.2) is 55.1 Å². The van der Waals surface area contributed by atoms with Gasteiger partial charge in [-0.15, -0.1) is 6.58 Å². The van der Waals surface area contributed by atoms with Gasteiger partial charge in [0, 0.05) is 5.56 Å². The average Bonchev–Trinajstić information content (AvgIpc) is 2.62. The van der Waals surface area contributed by atoms with Gasteiger partial charge in [0.1, 0.15) is 5.82 Å². The minimum absolute atomic E-state index is 0.210. The summed E-state index contributed by atoms with van der Waals surface area (Å²) in [5.74, 6) is 6.88. The Balaban J connectivity index is 1.73. The SMILES string of the molecule is C=CC1CCC(c2ccc(C#Cc3ccc(C)cc3)c(F)c2)CC1. The zero-order valence-electron chi connectivity index (χ0n) is 14.2. The van der Waals surface area contributed by atoms with Gasteiger partial charge in [0.05, 0.1) is 5.56 Å². The Bertz CT molecular complexity index is 766. The summed E-state index contributed by atoms with van der Waals surface area (Å²) < 4.78 is 14.4. The summed E-state index contributed by atoms with van der Waals surface area (Å²) in [4.78, 5) is 0. The van der Waals surface area contributed by atoms with E-state index in [4.69, 9.17) is 0 Å². The second-order valence-corrected chi connectivity index (χ2v) is 6.70. The molecule has 0 aliphatic heterocycles. The second-order valence-electron chi connectivity index (χ2n) is 6.70. The molecule has 1 heteroatoms. The van der Waals surface area contributed by atoms with Gasteiger partial charge in [0.2, 0.25) is 0 Å². The minimum Gasteiger partial charge on any atom is -0.206 e. The normalized spacial score (nSPS) is 20.1. The van der Waals surface area contributed by atoms with E-state index in [0.717, 1.165) is 36.8 Å². The first-order valence-electron chi connectivity index (χ1n) is 8.66. The first-order chi connectivity index (χ1) is 11.7. The summed E-state index contributed by atoms with van der Waals surface area (Å²) in [6.45, 7) is 5.92. The molecule has 1 saturated carbocycles. The largest absolute Gasteiger partial charge is 0.206 e. The Hall–Kier alpha value is -2.33. The zero-order valence-corrected chi connectivity index (χ0v) is 14.2. The molecule has 122 valence electrons. The Morgan fingerprint density at radius 2 is 1.71 bits per heavy atom. The average molecular weight is 318 g/mol. The molecule has 0 heterocycles. The van der Waals surface area contributed by atoms with Crippen LogP contribution in [0.3, 0.4) is 0 Å². The lowest BCUT2D eigenvalue weighted by Crippen LogP contribution is -2.11. The van der Waals surface area contributed by atoms with Crippen LogP contribution in [0.25, 0.3) is 0 Å². The van der Waals surface area contributed by atoms with Crippen LogP contribution < -0.4 is 0 Å². The number of allylic oxidation sites excluding steroid dienone is 1. The highest BCUT2D eigenvalue weighted by molar-refractivity contribution is 5.45. The monoisotopic (exact) mass is 318 g/mol. The van der Waals surface area contributed by atoms with E-state index in [2.05, 4.69) is 24.5 Å². The molecule has 0 amide bonds. The van der Waals surface area contributed by atoms with E-state index < -0.39 is 0 Å². The Kier molecular flexibility index (Phi) is 5.16. The number of aryl methyl sites for hydroxylation is 1. The third kappa shape index (κ3) is 3.95. The minimum atomic E-state index is -0.210. The zero-order chi connectivity index (χ0) is 16.9. The number of rotatable bonds is 2. The molecule has 2 aromatic carbocycles. The van der Waals surface area contributed by atoms with E-state index in [9.17, 15) is 4.39 Å². The maximum absolute atomic E-state index is 14.4. The lowest BCUT2D eigenvalue weighted by atomic mass is 9.78. The van der Waals surface area contributed by atoms with Crippen molar-refractivity contribution in [3.8, 4) is 11.8 Å². The summed E-state index contributed by atoms with van der Waals surface area (Å²) in [5, 5.41) is 0. The Labute approximate surface area is 144 Å². The molecule has 0 N–H and O–H groups in total. The van der Waals surface area contributed by atoms with Gasteiger partial charge in [-0.3, -0.25) is 0 Å². The number of hydrogen-bond acceptors (Lipinski definition) is 0. The maximum Gasteiger partial charge on any atom is 0.139 e. The molecule has 0 unspecified atom stereocenters. The standard InChI is InChI=1S/C23H23F/c1-3-18-8-11-20(12-9-18)22-15-14-21(23(24)16-22)13-10-19-6-4-17(2)5-7-19/h3-7,14-16,18,20H,1,8-9,11-12H2,2H3. The van der Waals surface area contributed by atoms with E-state index in [1.54, 1.807) is 6.07 Å². The van der Waals surface area contributed by atoms with Crippen molar-refractivity contribution in [2.45, 2.75) is 38.5 Å². The van der Waals surface area contributed by atoms with Crippen LogP contribution in [0, 0.1) is 30.5 Å². The van der Waals surface area contributed by atoms with Crippen molar-refractivity contribution in [2.75, 3.05) is 0 Å². The van der Waals surface area contributed by atoms with Crippen molar-refractivity contribution >= 4 is 0 Å². The summed E-state index contributed by atoms with van der Waals surface area (Å²) in [7, 11) is 0. The number of hydrogen-bond donors (Lipinski definition) is 0. The molecular weight excluding hydrogens is 295 g/mol. The van der Waals surface area contributed by atoms with Gasteiger partial charge < -0.3 is 0 Å². The molecule has 2 aromatic rings. The van der Waals surface area contributed by atoms with Crippen LogP contribution in [-0.4, -0.2) is 0 Å². The van der Waals surface area contributed by atoms with E-state index >= 15 is 0 Å². The van der Waals surface area contributed by atoms with Crippen LogP contribution in [0.1, 0.15) is 53.9 Å². The Morgan fingerprint density at radius 3 is 2.33 bits per heavy atom.